The minimum Gasteiger partial charge on any atom is -0.463 e. The van der Waals surface area contributed by atoms with Crippen LogP contribution >= 0.6 is 0 Å². The van der Waals surface area contributed by atoms with Crippen molar-refractivity contribution in [3.8, 4) is 0 Å². The van der Waals surface area contributed by atoms with Gasteiger partial charge >= 0.3 is 5.97 Å². The summed E-state index contributed by atoms with van der Waals surface area (Å²) in [5.74, 6) is -0.554. The second-order valence-electron chi connectivity index (χ2n) is 7.83. The van der Waals surface area contributed by atoms with Crippen molar-refractivity contribution >= 4 is 5.97 Å². The Morgan fingerprint density at radius 3 is 1.68 bits per heavy atom. The van der Waals surface area contributed by atoms with Gasteiger partial charge in [0, 0.05) is 0 Å². The molecule has 176 valence electrons. The van der Waals surface area contributed by atoms with Crippen LogP contribution in [0.5, 0.6) is 0 Å². The van der Waals surface area contributed by atoms with E-state index in [9.17, 15) is 4.79 Å². The first kappa shape index (κ1) is 23.7. The normalized spacial score (nSPS) is 19.7. The van der Waals surface area contributed by atoms with Crippen LogP contribution in [0.3, 0.4) is 0 Å². The van der Waals surface area contributed by atoms with Crippen LogP contribution in [0.15, 0.2) is 103 Å². The molecule has 0 bridgehead atoms. The molecule has 0 N–H and O–H groups in total. The monoisotopic (exact) mass is 460 g/mol. The number of hydrogen-bond acceptors (Lipinski definition) is 6. The predicted molar refractivity (Wildman–Crippen MR) is 126 cm³/mol. The highest BCUT2D eigenvalue weighted by Gasteiger charge is 2.39. The molecule has 0 radical (unpaired) electrons. The first-order chi connectivity index (χ1) is 16.7. The minimum absolute atomic E-state index is 0.0400. The summed E-state index contributed by atoms with van der Waals surface area (Å²) in [6, 6.07) is 29.4. The van der Waals surface area contributed by atoms with E-state index in [0.29, 0.717) is 13.2 Å². The first-order valence-corrected chi connectivity index (χ1v) is 11.2. The van der Waals surface area contributed by atoms with E-state index in [1.165, 1.54) is 7.11 Å². The van der Waals surface area contributed by atoms with E-state index < -0.39 is 24.5 Å². The summed E-state index contributed by atoms with van der Waals surface area (Å²) in [7, 11) is 1.31. The number of ether oxygens (including phenoxy) is 5. The van der Waals surface area contributed by atoms with Gasteiger partial charge in [0.1, 0.15) is 12.2 Å². The lowest BCUT2D eigenvalue weighted by Crippen LogP contribution is -2.47. The molecule has 1 aliphatic heterocycles. The van der Waals surface area contributed by atoms with Crippen LogP contribution in [0.4, 0.5) is 0 Å². The molecule has 0 saturated carbocycles. The van der Waals surface area contributed by atoms with Gasteiger partial charge in [0.05, 0.1) is 26.9 Å². The third-order valence-electron chi connectivity index (χ3n) is 5.37. The van der Waals surface area contributed by atoms with Crippen LogP contribution in [-0.4, -0.2) is 31.6 Å². The van der Waals surface area contributed by atoms with Gasteiger partial charge in [0.2, 0.25) is 12.0 Å². The molecule has 6 nitrogen and oxygen atoms in total. The summed E-state index contributed by atoms with van der Waals surface area (Å²) in [5.41, 5.74) is 2.99. The quantitative estimate of drug-likeness (QED) is 0.406. The van der Waals surface area contributed by atoms with Crippen molar-refractivity contribution in [2.75, 3.05) is 7.11 Å². The minimum atomic E-state index is -0.871. The Morgan fingerprint density at radius 2 is 1.18 bits per heavy atom. The van der Waals surface area contributed by atoms with E-state index in [2.05, 4.69) is 0 Å². The van der Waals surface area contributed by atoms with Crippen LogP contribution < -0.4 is 0 Å². The molecule has 0 amide bonds. The van der Waals surface area contributed by atoms with Gasteiger partial charge in [0.25, 0.3) is 0 Å². The van der Waals surface area contributed by atoms with E-state index in [-0.39, 0.29) is 12.4 Å². The molecule has 1 aliphatic rings. The maximum atomic E-state index is 12.3. The lowest BCUT2D eigenvalue weighted by atomic mass is 10.1. The van der Waals surface area contributed by atoms with Gasteiger partial charge in [-0.15, -0.1) is 0 Å². The maximum absolute atomic E-state index is 12.3. The van der Waals surface area contributed by atoms with Crippen molar-refractivity contribution in [2.45, 2.75) is 38.3 Å². The topological polar surface area (TPSA) is 63.2 Å². The second kappa shape index (κ2) is 12.1. The number of hydrogen-bond donors (Lipinski definition) is 0. The lowest BCUT2D eigenvalue weighted by molar-refractivity contribution is -0.236. The Kier molecular flexibility index (Phi) is 8.46. The third-order valence-corrected chi connectivity index (χ3v) is 5.37. The van der Waals surface area contributed by atoms with Crippen molar-refractivity contribution in [2.24, 2.45) is 0 Å². The zero-order valence-electron chi connectivity index (χ0n) is 19.0. The van der Waals surface area contributed by atoms with E-state index >= 15 is 0 Å². The second-order valence-corrected chi connectivity index (χ2v) is 7.83. The zero-order chi connectivity index (χ0) is 23.6. The van der Waals surface area contributed by atoms with Gasteiger partial charge in [-0.3, -0.25) is 0 Å². The highest BCUT2D eigenvalue weighted by molar-refractivity contribution is 5.86. The van der Waals surface area contributed by atoms with E-state index in [1.54, 1.807) is 6.08 Å². The molecule has 0 spiro atoms. The van der Waals surface area contributed by atoms with Gasteiger partial charge in [-0.25, -0.2) is 4.79 Å². The summed E-state index contributed by atoms with van der Waals surface area (Å²) in [6.45, 7) is 0.969. The molecular formula is C28H28O6. The van der Waals surface area contributed by atoms with Crippen molar-refractivity contribution in [3.05, 3.63) is 120 Å². The fraction of sp³-hybridized carbons (Fsp3) is 0.250. The average molecular weight is 461 g/mol. The fourth-order valence-electron chi connectivity index (χ4n) is 3.58. The van der Waals surface area contributed by atoms with E-state index in [1.807, 2.05) is 91.0 Å². The highest BCUT2D eigenvalue weighted by Crippen LogP contribution is 2.27. The average Bonchev–Trinajstić information content (AvgIpc) is 2.91. The van der Waals surface area contributed by atoms with E-state index in [0.717, 1.165) is 16.7 Å². The first-order valence-electron chi connectivity index (χ1n) is 11.2. The Balaban J connectivity index is 1.56. The number of rotatable bonds is 10. The molecular weight excluding hydrogens is 432 g/mol. The molecule has 0 fully saturated rings. The number of benzene rings is 3. The Morgan fingerprint density at radius 1 is 0.706 bits per heavy atom. The molecule has 4 rings (SSSR count). The number of carbonyl (C=O) groups is 1. The van der Waals surface area contributed by atoms with Gasteiger partial charge in [-0.05, 0) is 22.8 Å². The molecule has 3 aromatic rings. The van der Waals surface area contributed by atoms with Crippen LogP contribution in [0.2, 0.25) is 0 Å². The Bertz CT molecular complexity index is 1050. The van der Waals surface area contributed by atoms with E-state index in [4.69, 9.17) is 23.7 Å². The third kappa shape index (κ3) is 6.54. The molecule has 0 aromatic heterocycles. The van der Waals surface area contributed by atoms with Gasteiger partial charge < -0.3 is 23.7 Å². The summed E-state index contributed by atoms with van der Waals surface area (Å²) in [4.78, 5) is 12.3. The summed E-state index contributed by atoms with van der Waals surface area (Å²) in [5, 5.41) is 0. The van der Waals surface area contributed by atoms with Crippen LogP contribution in [0.25, 0.3) is 0 Å². The number of methoxy groups -OCH3 is 1. The molecule has 6 heteroatoms. The van der Waals surface area contributed by atoms with Crippen molar-refractivity contribution in [1.82, 2.24) is 0 Å². The summed E-state index contributed by atoms with van der Waals surface area (Å²) < 4.78 is 29.4. The maximum Gasteiger partial charge on any atom is 0.373 e. The molecule has 1 heterocycles. The smallest absolute Gasteiger partial charge is 0.373 e. The molecule has 3 aromatic carbocycles. The standard InChI is InChI=1S/C28H28O6/c1-30-27(29)25-17-24(31-18-21-11-5-2-6-12-21)26(32-19-22-13-7-3-8-14-22)28(34-25)33-20-23-15-9-4-10-16-23/h2-17,24,26,28H,18-20H2,1H3/t24-,26+,28+/m0/s1. The largest absolute Gasteiger partial charge is 0.463 e. The van der Waals surface area contributed by atoms with Crippen LogP contribution in [0, 0.1) is 0 Å². The molecule has 0 unspecified atom stereocenters. The molecule has 0 saturated heterocycles. The molecule has 0 aliphatic carbocycles. The van der Waals surface area contributed by atoms with Gasteiger partial charge in [0.15, 0.2) is 0 Å². The molecule has 34 heavy (non-hydrogen) atoms. The van der Waals surface area contributed by atoms with Crippen molar-refractivity contribution in [3.63, 3.8) is 0 Å². The molecule has 3 atom stereocenters. The van der Waals surface area contributed by atoms with Crippen LogP contribution in [-0.2, 0) is 48.3 Å². The summed E-state index contributed by atoms with van der Waals surface area (Å²) in [6.07, 6.45) is -0.468. The zero-order valence-corrected chi connectivity index (χ0v) is 19.0. The predicted octanol–water partition coefficient (Wildman–Crippen LogP) is 4.79. The number of carbonyl (C=O) groups excluding carboxylic acids is 1. The summed E-state index contributed by atoms with van der Waals surface area (Å²) >= 11 is 0. The Labute approximate surface area is 199 Å². The van der Waals surface area contributed by atoms with Crippen molar-refractivity contribution in [1.29, 1.82) is 0 Å². The fourth-order valence-corrected chi connectivity index (χ4v) is 3.58. The SMILES string of the molecule is COC(=O)C1=C[C@H](OCc2ccccc2)[C@@H](OCc2ccccc2)[C@H](OCc2ccccc2)O1. The van der Waals surface area contributed by atoms with Crippen molar-refractivity contribution < 1.29 is 28.5 Å². The number of esters is 1. The Hall–Kier alpha value is -3.45. The van der Waals surface area contributed by atoms with Gasteiger partial charge in [-0.2, -0.15) is 0 Å². The van der Waals surface area contributed by atoms with Crippen LogP contribution in [0.1, 0.15) is 16.7 Å². The highest BCUT2D eigenvalue weighted by atomic mass is 16.7. The van der Waals surface area contributed by atoms with Gasteiger partial charge in [-0.1, -0.05) is 91.0 Å². The lowest BCUT2D eigenvalue weighted by Gasteiger charge is -2.36.